The summed E-state index contributed by atoms with van der Waals surface area (Å²) in [6.45, 7) is 3.70. The molecule has 0 spiro atoms. The van der Waals surface area contributed by atoms with Crippen molar-refractivity contribution in [1.82, 2.24) is 15.2 Å². The van der Waals surface area contributed by atoms with Crippen LogP contribution in [0.25, 0.3) is 0 Å². The van der Waals surface area contributed by atoms with Gasteiger partial charge >= 0.3 is 0 Å². The molecule has 8 heteroatoms. The molecule has 0 unspecified atom stereocenters. The fourth-order valence-corrected chi connectivity index (χ4v) is 5.08. The first-order chi connectivity index (χ1) is 8.36. The molecule has 0 saturated heterocycles. The van der Waals surface area contributed by atoms with Crippen molar-refractivity contribution in [2.45, 2.75) is 24.8 Å². The maximum atomic E-state index is 12.0. The van der Waals surface area contributed by atoms with Gasteiger partial charge in [0.15, 0.2) is 0 Å². The van der Waals surface area contributed by atoms with Crippen LogP contribution in [-0.4, -0.2) is 34.1 Å². The molecule has 0 fully saturated rings. The van der Waals surface area contributed by atoms with E-state index in [1.165, 1.54) is 16.3 Å². The van der Waals surface area contributed by atoms with E-state index in [4.69, 9.17) is 0 Å². The first kappa shape index (κ1) is 16.1. The lowest BCUT2D eigenvalue weighted by Crippen LogP contribution is -2.36. The lowest BCUT2D eigenvalue weighted by molar-refractivity contribution is 0.364. The predicted octanol–water partition coefficient (Wildman–Crippen LogP) is 1.77. The van der Waals surface area contributed by atoms with E-state index in [1.54, 1.807) is 20.2 Å². The van der Waals surface area contributed by atoms with Crippen LogP contribution < -0.4 is 10.1 Å². The molecular weight excluding hydrogens is 338 g/mol. The average Bonchev–Trinajstić information content (AvgIpc) is 2.59. The van der Waals surface area contributed by atoms with E-state index in [1.807, 2.05) is 0 Å². The molecule has 0 amide bonds. The number of rotatable bonds is 7. The molecule has 1 rings (SSSR count). The number of nitrogens with one attached hydrogen (secondary N) is 2. The maximum Gasteiger partial charge on any atom is 0.255 e. The largest absolute Gasteiger partial charge is 0.312 e. The summed E-state index contributed by atoms with van der Waals surface area (Å²) in [5, 5.41) is 4.66. The second-order valence-corrected chi connectivity index (χ2v) is 8.10. The third-order valence-electron chi connectivity index (χ3n) is 2.02. The van der Waals surface area contributed by atoms with E-state index in [9.17, 15) is 8.42 Å². The molecule has 0 atom stereocenters. The Labute approximate surface area is 121 Å². The standard InChI is InChI=1S/C10H18BrN3O2S2/c1-4-5-12-7-8-6-9(10(11)17-8)18(15,16)13-14(2)3/h6,12-13H,4-5,7H2,1-3H3. The number of hydrogen-bond acceptors (Lipinski definition) is 5. The first-order valence-corrected chi connectivity index (χ1v) is 8.64. The smallest absolute Gasteiger partial charge is 0.255 e. The van der Waals surface area contributed by atoms with E-state index in [0.29, 0.717) is 10.3 Å². The highest BCUT2D eigenvalue weighted by Crippen LogP contribution is 2.31. The summed E-state index contributed by atoms with van der Waals surface area (Å²) in [6, 6.07) is 1.70. The normalized spacial score (nSPS) is 12.3. The minimum Gasteiger partial charge on any atom is -0.312 e. The van der Waals surface area contributed by atoms with Crippen molar-refractivity contribution in [3.05, 3.63) is 14.7 Å². The van der Waals surface area contributed by atoms with Crippen LogP contribution in [0.3, 0.4) is 0 Å². The van der Waals surface area contributed by atoms with Gasteiger partial charge in [0.1, 0.15) is 4.90 Å². The second kappa shape index (κ2) is 6.97. The number of sulfonamides is 1. The second-order valence-electron chi connectivity index (χ2n) is 4.02. The van der Waals surface area contributed by atoms with E-state index >= 15 is 0 Å². The first-order valence-electron chi connectivity index (χ1n) is 5.55. The number of thiophene rings is 1. The van der Waals surface area contributed by atoms with Gasteiger partial charge < -0.3 is 5.32 Å². The molecule has 0 aliphatic heterocycles. The SMILES string of the molecule is CCCNCc1cc(S(=O)(=O)NN(C)C)c(Br)s1. The molecule has 0 bridgehead atoms. The highest BCUT2D eigenvalue weighted by atomic mass is 79.9. The predicted molar refractivity (Wildman–Crippen MR) is 78.0 cm³/mol. The van der Waals surface area contributed by atoms with Crippen LogP contribution in [0.5, 0.6) is 0 Å². The Hall–Kier alpha value is 0.01000. The zero-order chi connectivity index (χ0) is 13.8. The maximum absolute atomic E-state index is 12.0. The van der Waals surface area contributed by atoms with Crippen LogP contribution in [0, 0.1) is 0 Å². The molecule has 2 N–H and O–H groups in total. The zero-order valence-electron chi connectivity index (χ0n) is 10.7. The molecule has 0 radical (unpaired) electrons. The molecule has 0 saturated carbocycles. The molecule has 1 aromatic rings. The van der Waals surface area contributed by atoms with Gasteiger partial charge in [0.2, 0.25) is 0 Å². The molecule has 18 heavy (non-hydrogen) atoms. The molecule has 0 aliphatic rings. The Kier molecular flexibility index (Phi) is 6.22. The van der Waals surface area contributed by atoms with Crippen molar-refractivity contribution >= 4 is 37.3 Å². The number of halogens is 1. The molecular formula is C10H18BrN3O2S2. The summed E-state index contributed by atoms with van der Waals surface area (Å²) in [7, 11) is -0.207. The third-order valence-corrected chi connectivity index (χ3v) is 5.76. The van der Waals surface area contributed by atoms with Gasteiger partial charge in [0, 0.05) is 25.5 Å². The Morgan fingerprint density at radius 2 is 2.11 bits per heavy atom. The summed E-state index contributed by atoms with van der Waals surface area (Å²) >= 11 is 4.74. The van der Waals surface area contributed by atoms with Gasteiger partial charge in [-0.25, -0.2) is 13.4 Å². The topological polar surface area (TPSA) is 61.4 Å². The highest BCUT2D eigenvalue weighted by Gasteiger charge is 2.21. The van der Waals surface area contributed by atoms with Crippen LogP contribution in [0.1, 0.15) is 18.2 Å². The van der Waals surface area contributed by atoms with Crippen LogP contribution in [0.2, 0.25) is 0 Å². The molecule has 1 heterocycles. The summed E-state index contributed by atoms with van der Waals surface area (Å²) in [4.78, 5) is 3.70. The van der Waals surface area contributed by atoms with E-state index in [0.717, 1.165) is 17.8 Å². The van der Waals surface area contributed by atoms with Gasteiger partial charge in [0.05, 0.1) is 3.79 Å². The van der Waals surface area contributed by atoms with Gasteiger partial charge in [0.25, 0.3) is 10.0 Å². The van der Waals surface area contributed by atoms with Crippen LogP contribution in [0.15, 0.2) is 14.7 Å². The van der Waals surface area contributed by atoms with Crippen LogP contribution in [0.4, 0.5) is 0 Å². The van der Waals surface area contributed by atoms with Crippen molar-refractivity contribution < 1.29 is 8.42 Å². The Morgan fingerprint density at radius 1 is 1.44 bits per heavy atom. The van der Waals surface area contributed by atoms with Crippen LogP contribution in [-0.2, 0) is 16.6 Å². The van der Waals surface area contributed by atoms with Gasteiger partial charge in [-0.3, -0.25) is 0 Å². The Morgan fingerprint density at radius 3 is 2.67 bits per heavy atom. The zero-order valence-corrected chi connectivity index (χ0v) is 13.9. The van der Waals surface area contributed by atoms with E-state index in [2.05, 4.69) is 33.0 Å². The average molecular weight is 356 g/mol. The van der Waals surface area contributed by atoms with Crippen LogP contribution >= 0.6 is 27.3 Å². The Bertz CT molecular complexity index is 485. The van der Waals surface area contributed by atoms with E-state index < -0.39 is 10.0 Å². The van der Waals surface area contributed by atoms with Gasteiger partial charge in [-0.15, -0.1) is 16.2 Å². The summed E-state index contributed by atoms with van der Waals surface area (Å²) in [5.41, 5.74) is 0. The molecule has 1 aromatic heterocycles. The lowest BCUT2D eigenvalue weighted by Gasteiger charge is -2.11. The summed E-state index contributed by atoms with van der Waals surface area (Å²) < 4.78 is 24.7. The van der Waals surface area contributed by atoms with Crippen molar-refractivity contribution in [3.8, 4) is 0 Å². The van der Waals surface area contributed by atoms with Crippen molar-refractivity contribution in [3.63, 3.8) is 0 Å². The highest BCUT2D eigenvalue weighted by molar-refractivity contribution is 9.11. The monoisotopic (exact) mass is 355 g/mol. The minimum atomic E-state index is -3.49. The van der Waals surface area contributed by atoms with Crippen molar-refractivity contribution in [2.24, 2.45) is 0 Å². The fourth-order valence-electron chi connectivity index (χ4n) is 1.35. The quantitative estimate of drug-likeness (QED) is 0.577. The van der Waals surface area contributed by atoms with Gasteiger partial charge in [-0.1, -0.05) is 6.92 Å². The summed E-state index contributed by atoms with van der Waals surface area (Å²) in [5.74, 6) is 0. The molecule has 0 aromatic carbocycles. The molecule has 5 nitrogen and oxygen atoms in total. The van der Waals surface area contributed by atoms with Crippen molar-refractivity contribution in [2.75, 3.05) is 20.6 Å². The van der Waals surface area contributed by atoms with E-state index in [-0.39, 0.29) is 4.90 Å². The van der Waals surface area contributed by atoms with Gasteiger partial charge in [-0.05, 0) is 35.0 Å². The molecule has 0 aliphatic carbocycles. The lowest BCUT2D eigenvalue weighted by atomic mass is 10.4. The summed E-state index contributed by atoms with van der Waals surface area (Å²) in [6.07, 6.45) is 1.06. The number of hydrogen-bond donors (Lipinski definition) is 2. The number of hydrazine groups is 1. The molecule has 104 valence electrons. The minimum absolute atomic E-state index is 0.287. The Balaban J connectivity index is 2.84. The third kappa shape index (κ3) is 4.60. The number of nitrogens with zero attached hydrogens (tertiary/aromatic N) is 1. The fraction of sp³-hybridized carbons (Fsp3) is 0.600. The van der Waals surface area contributed by atoms with Crippen molar-refractivity contribution in [1.29, 1.82) is 0 Å². The van der Waals surface area contributed by atoms with Gasteiger partial charge in [-0.2, -0.15) is 0 Å².